The maximum atomic E-state index is 12.3. The number of nitrogens with one attached hydrogen (secondary N) is 2. The van der Waals surface area contributed by atoms with Crippen LogP contribution in [-0.2, 0) is 17.9 Å². The molecule has 1 amide bonds. The van der Waals surface area contributed by atoms with Crippen molar-refractivity contribution in [2.24, 2.45) is 0 Å². The largest absolute Gasteiger partial charge is 0.347 e. The maximum absolute atomic E-state index is 12.3. The molecule has 0 radical (unpaired) electrons. The second-order valence-electron chi connectivity index (χ2n) is 5.93. The predicted octanol–water partition coefficient (Wildman–Crippen LogP) is 1.71. The van der Waals surface area contributed by atoms with Gasteiger partial charge in [-0.25, -0.2) is 0 Å². The van der Waals surface area contributed by atoms with Crippen molar-refractivity contribution >= 4 is 5.91 Å². The molecule has 3 nitrogen and oxygen atoms in total. The van der Waals surface area contributed by atoms with Gasteiger partial charge in [0.1, 0.15) is 6.54 Å². The smallest absolute Gasteiger partial charge is 0.278 e. The second-order valence-corrected chi connectivity index (χ2v) is 5.93. The first-order valence-electron chi connectivity index (χ1n) is 7.76. The number of aryl methyl sites for hydroxylation is 1. The van der Waals surface area contributed by atoms with Crippen molar-refractivity contribution in [2.45, 2.75) is 33.0 Å². The van der Waals surface area contributed by atoms with Crippen LogP contribution >= 0.6 is 0 Å². The van der Waals surface area contributed by atoms with Crippen LogP contribution in [-0.4, -0.2) is 19.0 Å². The van der Waals surface area contributed by atoms with Crippen LogP contribution in [0, 0.1) is 6.92 Å². The number of quaternary nitrogens is 1. The molecule has 116 valence electrons. The summed E-state index contributed by atoms with van der Waals surface area (Å²) in [6.45, 7) is 5.49. The third-order valence-corrected chi connectivity index (χ3v) is 4.05. The quantitative estimate of drug-likeness (QED) is 0.836. The molecule has 22 heavy (non-hydrogen) atoms. The molecule has 0 bridgehead atoms. The number of carbonyl (C=O) groups excluding carboxylic acids is 1. The van der Waals surface area contributed by atoms with Crippen molar-refractivity contribution in [3.63, 3.8) is 0 Å². The lowest BCUT2D eigenvalue weighted by Crippen LogP contribution is -3.12. The fourth-order valence-corrected chi connectivity index (χ4v) is 2.34. The fourth-order valence-electron chi connectivity index (χ4n) is 2.34. The van der Waals surface area contributed by atoms with Gasteiger partial charge in [-0.3, -0.25) is 4.79 Å². The molecule has 1 unspecified atom stereocenters. The van der Waals surface area contributed by atoms with E-state index < -0.39 is 0 Å². The number of hydrogen-bond acceptors (Lipinski definition) is 1. The van der Waals surface area contributed by atoms with Gasteiger partial charge in [0, 0.05) is 12.1 Å². The molecule has 0 aliphatic heterocycles. The molecule has 2 aromatic carbocycles. The summed E-state index contributed by atoms with van der Waals surface area (Å²) < 4.78 is 0. The van der Waals surface area contributed by atoms with E-state index in [9.17, 15) is 4.79 Å². The summed E-state index contributed by atoms with van der Waals surface area (Å²) >= 11 is 0. The molecule has 3 heteroatoms. The van der Waals surface area contributed by atoms with E-state index in [4.69, 9.17) is 0 Å². The van der Waals surface area contributed by atoms with Crippen LogP contribution in [0.4, 0.5) is 0 Å². The van der Waals surface area contributed by atoms with Gasteiger partial charge in [-0.2, -0.15) is 0 Å². The molecule has 2 rings (SSSR count). The molecule has 0 spiro atoms. The highest BCUT2D eigenvalue weighted by atomic mass is 16.2. The Morgan fingerprint density at radius 1 is 1.05 bits per heavy atom. The SMILES string of the molecule is Cc1ccc(C[NH+](C)[C@H](C)C(=O)NCc2ccccc2)cc1. The molecule has 2 atom stereocenters. The maximum Gasteiger partial charge on any atom is 0.278 e. The molecule has 0 aromatic heterocycles. The number of rotatable bonds is 6. The minimum absolute atomic E-state index is 0.0787. The summed E-state index contributed by atoms with van der Waals surface area (Å²) in [7, 11) is 2.06. The minimum Gasteiger partial charge on any atom is -0.347 e. The first-order chi connectivity index (χ1) is 10.6. The zero-order valence-electron chi connectivity index (χ0n) is 13.6. The number of amides is 1. The number of carbonyl (C=O) groups is 1. The predicted molar refractivity (Wildman–Crippen MR) is 89.5 cm³/mol. The summed E-state index contributed by atoms with van der Waals surface area (Å²) in [4.78, 5) is 13.5. The van der Waals surface area contributed by atoms with E-state index >= 15 is 0 Å². The average molecular weight is 297 g/mol. The van der Waals surface area contributed by atoms with E-state index in [1.807, 2.05) is 37.3 Å². The Morgan fingerprint density at radius 2 is 1.68 bits per heavy atom. The molecule has 2 N–H and O–H groups in total. The Labute approximate surface area is 133 Å². The summed E-state index contributed by atoms with van der Waals surface area (Å²) in [6.07, 6.45) is 0. The second kappa shape index (κ2) is 7.76. The molecule has 0 heterocycles. The molecule has 0 saturated heterocycles. The van der Waals surface area contributed by atoms with Crippen LogP contribution in [0.3, 0.4) is 0 Å². The fraction of sp³-hybridized carbons (Fsp3) is 0.316. The zero-order chi connectivity index (χ0) is 15.9. The van der Waals surface area contributed by atoms with Crippen molar-refractivity contribution in [2.75, 3.05) is 7.05 Å². The van der Waals surface area contributed by atoms with E-state index in [1.54, 1.807) is 0 Å². The Balaban J connectivity index is 1.85. The first-order valence-corrected chi connectivity index (χ1v) is 7.76. The molecule has 0 saturated carbocycles. The third-order valence-electron chi connectivity index (χ3n) is 4.05. The number of hydrogen-bond donors (Lipinski definition) is 2. The summed E-state index contributed by atoms with van der Waals surface area (Å²) in [5.74, 6) is 0.0912. The van der Waals surface area contributed by atoms with Gasteiger partial charge in [0.15, 0.2) is 6.04 Å². The van der Waals surface area contributed by atoms with Crippen LogP contribution in [0.25, 0.3) is 0 Å². The Hall–Kier alpha value is -2.13. The van der Waals surface area contributed by atoms with Crippen molar-refractivity contribution < 1.29 is 9.69 Å². The van der Waals surface area contributed by atoms with Crippen molar-refractivity contribution in [3.05, 3.63) is 71.3 Å². The van der Waals surface area contributed by atoms with Crippen LogP contribution in [0.15, 0.2) is 54.6 Å². The van der Waals surface area contributed by atoms with Gasteiger partial charge < -0.3 is 10.2 Å². The summed E-state index contributed by atoms with van der Waals surface area (Å²) in [6, 6.07) is 18.4. The third kappa shape index (κ3) is 4.71. The molecular formula is C19H25N2O+. The Morgan fingerprint density at radius 3 is 2.32 bits per heavy atom. The molecule has 0 aliphatic carbocycles. The lowest BCUT2D eigenvalue weighted by Gasteiger charge is -2.21. The Kier molecular flexibility index (Phi) is 5.73. The topological polar surface area (TPSA) is 33.5 Å². The molecular weight excluding hydrogens is 272 g/mol. The summed E-state index contributed by atoms with van der Waals surface area (Å²) in [5, 5.41) is 3.01. The normalized spacial score (nSPS) is 13.4. The lowest BCUT2D eigenvalue weighted by atomic mass is 10.1. The van der Waals surface area contributed by atoms with Crippen molar-refractivity contribution in [3.8, 4) is 0 Å². The van der Waals surface area contributed by atoms with Gasteiger partial charge in [0.05, 0.1) is 7.05 Å². The number of benzene rings is 2. The van der Waals surface area contributed by atoms with E-state index in [2.05, 4.69) is 43.6 Å². The average Bonchev–Trinajstić information content (AvgIpc) is 2.55. The Bertz CT molecular complexity index is 593. The minimum atomic E-state index is -0.0787. The highest BCUT2D eigenvalue weighted by Crippen LogP contribution is 2.01. The van der Waals surface area contributed by atoms with Gasteiger partial charge in [-0.05, 0) is 19.4 Å². The van der Waals surface area contributed by atoms with Gasteiger partial charge in [-0.1, -0.05) is 60.2 Å². The van der Waals surface area contributed by atoms with Gasteiger partial charge >= 0.3 is 0 Å². The van der Waals surface area contributed by atoms with Crippen molar-refractivity contribution in [1.82, 2.24) is 5.32 Å². The van der Waals surface area contributed by atoms with E-state index in [1.165, 1.54) is 16.0 Å². The van der Waals surface area contributed by atoms with Crippen molar-refractivity contribution in [1.29, 1.82) is 0 Å². The highest BCUT2D eigenvalue weighted by Gasteiger charge is 2.21. The van der Waals surface area contributed by atoms with Gasteiger partial charge in [0.25, 0.3) is 5.91 Å². The van der Waals surface area contributed by atoms with E-state index in [-0.39, 0.29) is 11.9 Å². The lowest BCUT2D eigenvalue weighted by molar-refractivity contribution is -0.908. The molecule has 0 fully saturated rings. The molecule has 0 aliphatic rings. The van der Waals surface area contributed by atoms with E-state index in [0.717, 1.165) is 12.1 Å². The van der Waals surface area contributed by atoms with Crippen LogP contribution in [0.2, 0.25) is 0 Å². The first kappa shape index (κ1) is 16.2. The molecule has 2 aromatic rings. The summed E-state index contributed by atoms with van der Waals surface area (Å²) in [5.41, 5.74) is 3.64. The monoisotopic (exact) mass is 297 g/mol. The van der Waals surface area contributed by atoms with E-state index in [0.29, 0.717) is 6.54 Å². The standard InChI is InChI=1S/C19H24N2O/c1-15-9-11-18(12-10-15)14-21(3)16(2)19(22)20-13-17-7-5-4-6-8-17/h4-12,16H,13-14H2,1-3H3,(H,20,22)/p+1/t16-/m1/s1. The number of likely N-dealkylation sites (N-methyl/N-ethyl adjacent to an activating group) is 1. The van der Waals surface area contributed by atoms with Gasteiger partial charge in [0.2, 0.25) is 0 Å². The highest BCUT2D eigenvalue weighted by molar-refractivity contribution is 5.79. The van der Waals surface area contributed by atoms with Crippen LogP contribution in [0.5, 0.6) is 0 Å². The van der Waals surface area contributed by atoms with Crippen LogP contribution in [0.1, 0.15) is 23.6 Å². The van der Waals surface area contributed by atoms with Gasteiger partial charge in [-0.15, -0.1) is 0 Å². The zero-order valence-corrected chi connectivity index (χ0v) is 13.6. The van der Waals surface area contributed by atoms with Crippen LogP contribution < -0.4 is 10.2 Å².